The van der Waals surface area contributed by atoms with Gasteiger partial charge in [-0.1, -0.05) is 24.4 Å². The SMILES string of the molecule is Cc1cc([N+](=O)[O-])c(Cl)cc1NCCOC1CCCC1. The Morgan fingerprint density at radius 1 is 1.45 bits per heavy atom. The highest BCUT2D eigenvalue weighted by molar-refractivity contribution is 6.33. The number of halogens is 1. The number of hydrogen-bond acceptors (Lipinski definition) is 4. The zero-order valence-electron chi connectivity index (χ0n) is 11.5. The van der Waals surface area contributed by atoms with Gasteiger partial charge in [-0.2, -0.15) is 0 Å². The van der Waals surface area contributed by atoms with E-state index in [1.165, 1.54) is 18.9 Å². The number of nitro groups is 1. The number of benzene rings is 1. The quantitative estimate of drug-likeness (QED) is 0.491. The molecule has 1 fully saturated rings. The van der Waals surface area contributed by atoms with Crippen LogP contribution in [0, 0.1) is 17.0 Å². The van der Waals surface area contributed by atoms with Gasteiger partial charge in [-0.3, -0.25) is 10.1 Å². The highest BCUT2D eigenvalue weighted by Gasteiger charge is 2.16. The molecule has 2 rings (SSSR count). The lowest BCUT2D eigenvalue weighted by Crippen LogP contribution is -2.15. The molecule has 0 amide bonds. The van der Waals surface area contributed by atoms with Gasteiger partial charge in [0.2, 0.25) is 0 Å². The number of nitrogens with one attached hydrogen (secondary N) is 1. The number of nitrogens with zero attached hydrogens (tertiary/aromatic N) is 1. The van der Waals surface area contributed by atoms with E-state index in [2.05, 4.69) is 5.32 Å². The van der Waals surface area contributed by atoms with Crippen LogP contribution < -0.4 is 5.32 Å². The summed E-state index contributed by atoms with van der Waals surface area (Å²) in [4.78, 5) is 10.3. The van der Waals surface area contributed by atoms with Crippen LogP contribution in [0.3, 0.4) is 0 Å². The molecule has 0 heterocycles. The summed E-state index contributed by atoms with van der Waals surface area (Å²) in [5.74, 6) is 0. The summed E-state index contributed by atoms with van der Waals surface area (Å²) in [6.45, 7) is 3.13. The lowest BCUT2D eigenvalue weighted by Gasteiger charge is -2.13. The first-order valence-electron chi connectivity index (χ1n) is 6.88. The highest BCUT2D eigenvalue weighted by Crippen LogP contribution is 2.30. The fraction of sp³-hybridized carbons (Fsp3) is 0.571. The molecule has 1 aromatic rings. The van der Waals surface area contributed by atoms with E-state index >= 15 is 0 Å². The molecular formula is C14H19ClN2O3. The number of aryl methyl sites for hydroxylation is 1. The predicted molar refractivity (Wildman–Crippen MR) is 79.5 cm³/mol. The Bertz CT molecular complexity index is 488. The zero-order chi connectivity index (χ0) is 14.5. The van der Waals surface area contributed by atoms with Gasteiger partial charge in [-0.05, 0) is 31.4 Å². The van der Waals surface area contributed by atoms with Crippen LogP contribution in [0.25, 0.3) is 0 Å². The Balaban J connectivity index is 1.86. The maximum absolute atomic E-state index is 10.8. The standard InChI is InChI=1S/C14H19ClN2O3/c1-10-8-14(17(18)19)12(15)9-13(10)16-6-7-20-11-4-2-3-5-11/h8-9,11,16H,2-7H2,1H3. The second kappa shape index (κ2) is 6.90. The summed E-state index contributed by atoms with van der Waals surface area (Å²) < 4.78 is 5.75. The number of anilines is 1. The normalized spacial score (nSPS) is 15.5. The van der Waals surface area contributed by atoms with Crippen molar-refractivity contribution in [3.8, 4) is 0 Å². The molecule has 1 aliphatic carbocycles. The third-order valence-corrected chi connectivity index (χ3v) is 3.87. The molecular weight excluding hydrogens is 280 g/mol. The topological polar surface area (TPSA) is 64.4 Å². The summed E-state index contributed by atoms with van der Waals surface area (Å²) in [6, 6.07) is 3.09. The lowest BCUT2D eigenvalue weighted by molar-refractivity contribution is -0.384. The summed E-state index contributed by atoms with van der Waals surface area (Å²) >= 11 is 5.90. The van der Waals surface area contributed by atoms with Crippen LogP contribution in [0.2, 0.25) is 5.02 Å². The van der Waals surface area contributed by atoms with E-state index in [0.29, 0.717) is 19.3 Å². The van der Waals surface area contributed by atoms with E-state index in [1.54, 1.807) is 6.07 Å². The number of hydrogen-bond donors (Lipinski definition) is 1. The fourth-order valence-electron chi connectivity index (χ4n) is 2.46. The van der Waals surface area contributed by atoms with Crippen molar-refractivity contribution in [2.24, 2.45) is 0 Å². The molecule has 1 aromatic carbocycles. The van der Waals surface area contributed by atoms with Crippen molar-refractivity contribution in [3.63, 3.8) is 0 Å². The van der Waals surface area contributed by atoms with Crippen molar-refractivity contribution in [2.45, 2.75) is 38.7 Å². The first kappa shape index (κ1) is 15.1. The minimum atomic E-state index is -0.470. The molecule has 0 aliphatic heterocycles. The van der Waals surface area contributed by atoms with E-state index in [-0.39, 0.29) is 10.7 Å². The van der Waals surface area contributed by atoms with Crippen molar-refractivity contribution in [1.29, 1.82) is 0 Å². The molecule has 0 spiro atoms. The predicted octanol–water partition coefficient (Wildman–Crippen LogP) is 3.93. The van der Waals surface area contributed by atoms with Crippen LogP contribution in [-0.4, -0.2) is 24.2 Å². The van der Waals surface area contributed by atoms with Crippen molar-refractivity contribution in [3.05, 3.63) is 32.8 Å². The highest BCUT2D eigenvalue weighted by atomic mass is 35.5. The molecule has 6 heteroatoms. The maximum atomic E-state index is 10.8. The second-order valence-electron chi connectivity index (χ2n) is 5.08. The molecule has 1 aliphatic rings. The van der Waals surface area contributed by atoms with Gasteiger partial charge >= 0.3 is 0 Å². The van der Waals surface area contributed by atoms with Crippen molar-refractivity contribution >= 4 is 23.0 Å². The van der Waals surface area contributed by atoms with E-state index in [9.17, 15) is 10.1 Å². The average molecular weight is 299 g/mol. The van der Waals surface area contributed by atoms with Crippen LogP contribution in [0.15, 0.2) is 12.1 Å². The van der Waals surface area contributed by atoms with Crippen molar-refractivity contribution in [1.82, 2.24) is 0 Å². The molecule has 1 saturated carbocycles. The minimum absolute atomic E-state index is 0.0584. The van der Waals surface area contributed by atoms with Gasteiger partial charge < -0.3 is 10.1 Å². The Morgan fingerprint density at radius 3 is 2.80 bits per heavy atom. The second-order valence-corrected chi connectivity index (χ2v) is 5.49. The Hall–Kier alpha value is -1.33. The smallest absolute Gasteiger partial charge is 0.288 e. The van der Waals surface area contributed by atoms with E-state index in [4.69, 9.17) is 16.3 Å². The molecule has 0 aromatic heterocycles. The van der Waals surface area contributed by atoms with E-state index in [0.717, 1.165) is 24.1 Å². The van der Waals surface area contributed by atoms with Gasteiger partial charge in [0.05, 0.1) is 17.6 Å². The van der Waals surface area contributed by atoms with Gasteiger partial charge in [-0.25, -0.2) is 0 Å². The molecule has 110 valence electrons. The minimum Gasteiger partial charge on any atom is -0.382 e. The monoisotopic (exact) mass is 298 g/mol. The molecule has 0 bridgehead atoms. The van der Waals surface area contributed by atoms with Crippen LogP contribution in [-0.2, 0) is 4.74 Å². The van der Waals surface area contributed by atoms with Gasteiger partial charge in [0.25, 0.3) is 5.69 Å². The molecule has 5 nitrogen and oxygen atoms in total. The molecule has 20 heavy (non-hydrogen) atoms. The Labute approximate surface area is 123 Å². The molecule has 0 radical (unpaired) electrons. The van der Waals surface area contributed by atoms with Gasteiger partial charge in [-0.15, -0.1) is 0 Å². The van der Waals surface area contributed by atoms with Crippen LogP contribution >= 0.6 is 11.6 Å². The van der Waals surface area contributed by atoms with Crippen molar-refractivity contribution in [2.75, 3.05) is 18.5 Å². The van der Waals surface area contributed by atoms with Gasteiger partial charge in [0, 0.05) is 18.3 Å². The van der Waals surface area contributed by atoms with Crippen LogP contribution in [0.1, 0.15) is 31.2 Å². The summed E-state index contributed by atoms with van der Waals surface area (Å²) in [7, 11) is 0. The Morgan fingerprint density at radius 2 is 2.15 bits per heavy atom. The van der Waals surface area contributed by atoms with Gasteiger partial charge in [0.1, 0.15) is 5.02 Å². The molecule has 0 saturated heterocycles. The van der Waals surface area contributed by atoms with Crippen LogP contribution in [0.5, 0.6) is 0 Å². The molecule has 0 unspecified atom stereocenters. The van der Waals surface area contributed by atoms with Gasteiger partial charge in [0.15, 0.2) is 0 Å². The maximum Gasteiger partial charge on any atom is 0.288 e. The molecule has 1 N–H and O–H groups in total. The summed E-state index contributed by atoms with van der Waals surface area (Å²) in [5, 5.41) is 14.1. The molecule has 0 atom stereocenters. The summed E-state index contributed by atoms with van der Waals surface area (Å²) in [6.07, 6.45) is 5.23. The first-order valence-corrected chi connectivity index (χ1v) is 7.25. The third-order valence-electron chi connectivity index (χ3n) is 3.56. The largest absolute Gasteiger partial charge is 0.382 e. The number of nitro benzene ring substituents is 1. The van der Waals surface area contributed by atoms with Crippen molar-refractivity contribution < 1.29 is 9.66 Å². The lowest BCUT2D eigenvalue weighted by atomic mass is 10.2. The van der Waals surface area contributed by atoms with E-state index in [1.807, 2.05) is 6.92 Å². The zero-order valence-corrected chi connectivity index (χ0v) is 12.3. The third kappa shape index (κ3) is 3.84. The first-order chi connectivity index (χ1) is 9.58. The van der Waals surface area contributed by atoms with E-state index < -0.39 is 4.92 Å². The Kier molecular flexibility index (Phi) is 5.20. The summed E-state index contributed by atoms with van der Waals surface area (Å²) in [5.41, 5.74) is 1.56. The average Bonchev–Trinajstić information content (AvgIpc) is 2.90. The van der Waals surface area contributed by atoms with Crippen LogP contribution in [0.4, 0.5) is 11.4 Å². The number of ether oxygens (including phenoxy) is 1. The number of rotatable bonds is 6. The fourth-order valence-corrected chi connectivity index (χ4v) is 2.70.